The topological polar surface area (TPSA) is 71.5 Å². The van der Waals surface area contributed by atoms with Crippen LogP contribution in [-0.4, -0.2) is 20.4 Å². The fourth-order valence-electron chi connectivity index (χ4n) is 3.25. The zero-order chi connectivity index (χ0) is 13.3. The van der Waals surface area contributed by atoms with Gasteiger partial charge in [0, 0.05) is 23.4 Å². The number of rotatable bonds is 0. The van der Waals surface area contributed by atoms with Crippen LogP contribution in [0.2, 0.25) is 0 Å². The SMILES string of the molecule is O=c1ncc2cc3cccc3c3c2c2c(n[nH]nc12)C3. The van der Waals surface area contributed by atoms with Crippen molar-refractivity contribution >= 4 is 32.4 Å². The van der Waals surface area contributed by atoms with Gasteiger partial charge in [0.05, 0.1) is 5.69 Å². The van der Waals surface area contributed by atoms with E-state index in [0.29, 0.717) is 5.52 Å². The maximum absolute atomic E-state index is 12.1. The molecule has 0 radical (unpaired) electrons. The molecule has 0 saturated heterocycles. The van der Waals surface area contributed by atoms with Crippen LogP contribution >= 0.6 is 0 Å². The quantitative estimate of drug-likeness (QED) is 0.462. The third-order valence-electron chi connectivity index (χ3n) is 4.07. The number of H-pyrrole nitrogens is 1. The molecule has 94 valence electrons. The highest BCUT2D eigenvalue weighted by Gasteiger charge is 2.22. The minimum Gasteiger partial charge on any atom is -0.265 e. The zero-order valence-corrected chi connectivity index (χ0v) is 10.3. The molecular formula is C15H8N4O. The zero-order valence-electron chi connectivity index (χ0n) is 10.3. The van der Waals surface area contributed by atoms with E-state index in [1.165, 1.54) is 16.3 Å². The first-order valence-electron chi connectivity index (χ1n) is 6.40. The van der Waals surface area contributed by atoms with Crippen LogP contribution in [0.4, 0.5) is 0 Å². The van der Waals surface area contributed by atoms with E-state index in [1.807, 2.05) is 6.07 Å². The van der Waals surface area contributed by atoms with Gasteiger partial charge in [-0.2, -0.15) is 15.4 Å². The fourth-order valence-corrected chi connectivity index (χ4v) is 3.25. The summed E-state index contributed by atoms with van der Waals surface area (Å²) in [7, 11) is 0. The smallest absolute Gasteiger partial charge is 0.265 e. The van der Waals surface area contributed by atoms with Crippen molar-refractivity contribution in [2.75, 3.05) is 0 Å². The number of hydrogen-bond donors (Lipinski definition) is 1. The summed E-state index contributed by atoms with van der Waals surface area (Å²) >= 11 is 0. The molecule has 0 fully saturated rings. The highest BCUT2D eigenvalue weighted by molar-refractivity contribution is 6.16. The lowest BCUT2D eigenvalue weighted by Crippen LogP contribution is -2.06. The summed E-state index contributed by atoms with van der Waals surface area (Å²) in [6, 6.07) is 8.31. The van der Waals surface area contributed by atoms with Crippen molar-refractivity contribution in [3.8, 4) is 0 Å². The molecule has 20 heavy (non-hydrogen) atoms. The van der Waals surface area contributed by atoms with E-state index < -0.39 is 0 Å². The summed E-state index contributed by atoms with van der Waals surface area (Å²) < 4.78 is 0. The summed E-state index contributed by atoms with van der Waals surface area (Å²) in [5, 5.41) is 16.1. The van der Waals surface area contributed by atoms with Crippen LogP contribution < -0.4 is 5.56 Å². The number of fused-ring (bicyclic) bond motifs is 2. The third kappa shape index (κ3) is 1.04. The number of nitrogens with zero attached hydrogens (tertiary/aromatic N) is 3. The number of benzene rings is 1. The molecule has 2 heterocycles. The summed E-state index contributed by atoms with van der Waals surface area (Å²) in [6.07, 6.45) is 2.37. The second-order valence-corrected chi connectivity index (χ2v) is 5.08. The molecular weight excluding hydrogens is 252 g/mol. The molecule has 0 aliphatic heterocycles. The van der Waals surface area contributed by atoms with Crippen molar-refractivity contribution in [1.82, 2.24) is 20.4 Å². The number of hydrogen-bond acceptors (Lipinski definition) is 4. The predicted molar refractivity (Wildman–Crippen MR) is 75.8 cm³/mol. The molecule has 0 unspecified atom stereocenters. The Bertz CT molecular complexity index is 1100. The Labute approximate surface area is 112 Å². The van der Waals surface area contributed by atoms with Crippen molar-refractivity contribution < 1.29 is 0 Å². The largest absolute Gasteiger partial charge is 0.298 e. The van der Waals surface area contributed by atoms with Crippen LogP contribution in [0.15, 0.2) is 35.3 Å². The second-order valence-electron chi connectivity index (χ2n) is 5.08. The highest BCUT2D eigenvalue weighted by Crippen LogP contribution is 2.38. The maximum Gasteiger partial charge on any atom is 0.298 e. The first-order valence-corrected chi connectivity index (χ1v) is 6.40. The van der Waals surface area contributed by atoms with E-state index in [4.69, 9.17) is 0 Å². The first-order chi connectivity index (χ1) is 9.83. The number of aromatic amines is 1. The van der Waals surface area contributed by atoms with Crippen molar-refractivity contribution in [3.63, 3.8) is 0 Å². The summed E-state index contributed by atoms with van der Waals surface area (Å²) in [6.45, 7) is 0. The van der Waals surface area contributed by atoms with E-state index in [0.717, 1.165) is 28.3 Å². The fraction of sp³-hybridized carbons (Fsp3) is 0.0667. The van der Waals surface area contributed by atoms with E-state index in [1.54, 1.807) is 6.20 Å². The molecule has 0 spiro atoms. The van der Waals surface area contributed by atoms with Crippen molar-refractivity contribution in [3.05, 3.63) is 52.1 Å². The Morgan fingerprint density at radius 2 is 2.05 bits per heavy atom. The lowest BCUT2D eigenvalue weighted by Gasteiger charge is -2.00. The molecule has 0 amide bonds. The third-order valence-corrected chi connectivity index (χ3v) is 4.07. The molecule has 2 aromatic carbocycles. The summed E-state index contributed by atoms with van der Waals surface area (Å²) in [4.78, 5) is 16.1. The van der Waals surface area contributed by atoms with Crippen LogP contribution in [0.1, 0.15) is 11.3 Å². The molecule has 0 saturated carbocycles. The van der Waals surface area contributed by atoms with Crippen molar-refractivity contribution in [2.24, 2.45) is 0 Å². The average Bonchev–Trinajstić information content (AvgIpc) is 3.03. The van der Waals surface area contributed by atoms with Crippen LogP contribution in [0, 0.1) is 0 Å². The standard InChI is InChI=1S/C15H8N4O/c20-15-14-13-11(17-19-18-14)5-10-9-3-1-2-7(9)4-8(6-16-15)12(10)13/h1-4,6,19H,5H2. The maximum atomic E-state index is 12.1. The Kier molecular flexibility index (Phi) is 1.60. The van der Waals surface area contributed by atoms with E-state index in [2.05, 4.69) is 38.6 Å². The van der Waals surface area contributed by atoms with Gasteiger partial charge in [0.15, 0.2) is 5.52 Å². The van der Waals surface area contributed by atoms with E-state index in [-0.39, 0.29) is 5.56 Å². The lowest BCUT2D eigenvalue weighted by atomic mass is 10.0. The molecule has 5 nitrogen and oxygen atoms in total. The Hall–Kier alpha value is -2.82. The molecule has 4 aromatic rings. The molecule has 1 N–H and O–H groups in total. The van der Waals surface area contributed by atoms with Gasteiger partial charge in [0.25, 0.3) is 5.56 Å². The molecule has 1 aliphatic carbocycles. The molecule has 5 rings (SSSR count). The Morgan fingerprint density at radius 1 is 1.10 bits per heavy atom. The van der Waals surface area contributed by atoms with Gasteiger partial charge >= 0.3 is 0 Å². The van der Waals surface area contributed by atoms with Gasteiger partial charge in [-0.25, -0.2) is 4.98 Å². The van der Waals surface area contributed by atoms with Gasteiger partial charge in [-0.05, 0) is 27.8 Å². The Balaban J connectivity index is 2.24. The number of aromatic nitrogens is 4. The monoisotopic (exact) mass is 260 g/mol. The van der Waals surface area contributed by atoms with Gasteiger partial charge in [0.1, 0.15) is 0 Å². The minimum absolute atomic E-state index is 0.316. The van der Waals surface area contributed by atoms with Crippen LogP contribution in [0.25, 0.3) is 32.4 Å². The van der Waals surface area contributed by atoms with Crippen molar-refractivity contribution in [2.45, 2.75) is 6.42 Å². The minimum atomic E-state index is -0.316. The first kappa shape index (κ1) is 10.0. The highest BCUT2D eigenvalue weighted by atomic mass is 16.1. The number of nitrogens with one attached hydrogen (secondary N) is 1. The Morgan fingerprint density at radius 3 is 3.00 bits per heavy atom. The molecule has 2 aromatic heterocycles. The van der Waals surface area contributed by atoms with Crippen molar-refractivity contribution in [1.29, 1.82) is 0 Å². The molecule has 5 heteroatoms. The van der Waals surface area contributed by atoms with Gasteiger partial charge in [0.2, 0.25) is 0 Å². The van der Waals surface area contributed by atoms with Gasteiger partial charge in [-0.1, -0.05) is 18.2 Å². The second kappa shape index (κ2) is 3.19. The average molecular weight is 260 g/mol. The summed E-state index contributed by atoms with van der Waals surface area (Å²) in [5.74, 6) is 0. The molecule has 0 atom stereocenters. The van der Waals surface area contributed by atoms with Crippen LogP contribution in [-0.2, 0) is 6.42 Å². The van der Waals surface area contributed by atoms with Crippen LogP contribution in [0.3, 0.4) is 0 Å². The van der Waals surface area contributed by atoms with Gasteiger partial charge in [-0.3, -0.25) is 4.79 Å². The van der Waals surface area contributed by atoms with Crippen LogP contribution in [0.5, 0.6) is 0 Å². The van der Waals surface area contributed by atoms with Gasteiger partial charge in [-0.15, -0.1) is 0 Å². The molecule has 0 bridgehead atoms. The predicted octanol–water partition coefficient (Wildman–Crippen LogP) is 1.92. The van der Waals surface area contributed by atoms with Gasteiger partial charge < -0.3 is 0 Å². The van der Waals surface area contributed by atoms with E-state index >= 15 is 0 Å². The lowest BCUT2D eigenvalue weighted by molar-refractivity contribution is 0.856. The van der Waals surface area contributed by atoms with E-state index in [9.17, 15) is 4.79 Å². The summed E-state index contributed by atoms with van der Waals surface area (Å²) in [5.41, 5.74) is 2.14. The molecule has 1 aliphatic rings. The normalized spacial score (nSPS) is 13.0.